The van der Waals surface area contributed by atoms with E-state index in [1.807, 2.05) is 37.4 Å². The van der Waals surface area contributed by atoms with E-state index in [2.05, 4.69) is 48.7 Å². The van der Waals surface area contributed by atoms with Crippen LogP contribution in [0, 0.1) is 12.8 Å². The average Bonchev–Trinajstić information content (AvgIpc) is 3.37. The van der Waals surface area contributed by atoms with Gasteiger partial charge in [-0.15, -0.1) is 0 Å². The second-order valence-electron chi connectivity index (χ2n) is 9.90. The SMILES string of the molecule is Cc1cccc(-c2[nH]cnc2-c2ccc3ncc(N4CCNC(CC(=O)OCC5CNC5)C4)cc3c2)n1. The second-order valence-corrected chi connectivity index (χ2v) is 9.90. The van der Waals surface area contributed by atoms with Crippen molar-refractivity contribution in [1.82, 2.24) is 30.6 Å². The molecule has 4 aromatic rings. The van der Waals surface area contributed by atoms with Crippen molar-refractivity contribution in [3.8, 4) is 22.6 Å². The van der Waals surface area contributed by atoms with Gasteiger partial charge >= 0.3 is 5.97 Å². The van der Waals surface area contributed by atoms with Crippen LogP contribution in [0.2, 0.25) is 0 Å². The number of esters is 1. The topological polar surface area (TPSA) is 108 Å². The third-order valence-corrected chi connectivity index (χ3v) is 7.10. The molecule has 9 nitrogen and oxygen atoms in total. The number of pyridine rings is 2. The number of aromatic amines is 1. The van der Waals surface area contributed by atoms with E-state index in [1.165, 1.54) is 0 Å². The summed E-state index contributed by atoms with van der Waals surface area (Å²) in [6, 6.07) is 14.4. The Bertz CT molecular complexity index is 1410. The molecule has 0 saturated carbocycles. The van der Waals surface area contributed by atoms with E-state index in [9.17, 15) is 4.79 Å². The zero-order valence-corrected chi connectivity index (χ0v) is 20.9. The van der Waals surface area contributed by atoms with Crippen molar-refractivity contribution in [2.24, 2.45) is 5.92 Å². The molecule has 37 heavy (non-hydrogen) atoms. The van der Waals surface area contributed by atoms with Crippen molar-refractivity contribution in [1.29, 1.82) is 0 Å². The first-order valence-corrected chi connectivity index (χ1v) is 12.8. The van der Waals surface area contributed by atoms with Crippen LogP contribution in [0.15, 0.2) is 55.0 Å². The normalized spacial score (nSPS) is 18.1. The van der Waals surface area contributed by atoms with Crippen LogP contribution in [-0.2, 0) is 9.53 Å². The monoisotopic (exact) mass is 497 g/mol. The Morgan fingerprint density at radius 1 is 1.16 bits per heavy atom. The van der Waals surface area contributed by atoms with Crippen molar-refractivity contribution >= 4 is 22.6 Å². The van der Waals surface area contributed by atoms with Crippen LogP contribution in [0.3, 0.4) is 0 Å². The van der Waals surface area contributed by atoms with Gasteiger partial charge in [0.05, 0.1) is 53.8 Å². The lowest BCUT2D eigenvalue weighted by molar-refractivity contribution is -0.146. The molecule has 3 N–H and O–H groups in total. The van der Waals surface area contributed by atoms with Crippen LogP contribution < -0.4 is 15.5 Å². The summed E-state index contributed by atoms with van der Waals surface area (Å²) in [4.78, 5) is 31.9. The highest BCUT2D eigenvalue weighted by atomic mass is 16.5. The third kappa shape index (κ3) is 5.19. The molecule has 0 spiro atoms. The van der Waals surface area contributed by atoms with Crippen LogP contribution in [0.4, 0.5) is 5.69 Å². The van der Waals surface area contributed by atoms with Gasteiger partial charge in [0, 0.05) is 61.3 Å². The summed E-state index contributed by atoms with van der Waals surface area (Å²) in [5.41, 5.74) is 6.58. The van der Waals surface area contributed by atoms with E-state index >= 15 is 0 Å². The second kappa shape index (κ2) is 10.3. The minimum absolute atomic E-state index is 0.0521. The Morgan fingerprint density at radius 3 is 2.92 bits per heavy atom. The molecule has 190 valence electrons. The van der Waals surface area contributed by atoms with Gasteiger partial charge in [-0.25, -0.2) is 4.98 Å². The molecule has 3 aromatic heterocycles. The minimum Gasteiger partial charge on any atom is -0.465 e. The van der Waals surface area contributed by atoms with Gasteiger partial charge in [0.2, 0.25) is 0 Å². The fourth-order valence-corrected chi connectivity index (χ4v) is 4.96. The van der Waals surface area contributed by atoms with Crippen molar-refractivity contribution in [3.63, 3.8) is 0 Å². The van der Waals surface area contributed by atoms with Crippen molar-refractivity contribution in [3.05, 3.63) is 60.7 Å². The number of nitrogens with zero attached hydrogens (tertiary/aromatic N) is 4. The zero-order valence-electron chi connectivity index (χ0n) is 20.9. The number of carbonyl (C=O) groups excluding carboxylic acids is 1. The lowest BCUT2D eigenvalue weighted by Gasteiger charge is -2.35. The molecule has 1 aromatic carbocycles. The summed E-state index contributed by atoms with van der Waals surface area (Å²) in [6.07, 6.45) is 4.00. The number of rotatable bonds is 7. The molecule has 0 aliphatic carbocycles. The van der Waals surface area contributed by atoms with Crippen molar-refractivity contribution in [2.45, 2.75) is 19.4 Å². The molecule has 2 aliphatic rings. The van der Waals surface area contributed by atoms with Crippen LogP contribution in [0.25, 0.3) is 33.5 Å². The van der Waals surface area contributed by atoms with Crippen molar-refractivity contribution in [2.75, 3.05) is 44.2 Å². The summed E-state index contributed by atoms with van der Waals surface area (Å²) >= 11 is 0. The molecule has 1 atom stereocenters. The number of piperazine rings is 1. The first-order valence-electron chi connectivity index (χ1n) is 12.8. The molecule has 0 amide bonds. The first-order chi connectivity index (χ1) is 18.1. The Labute approximate surface area is 215 Å². The summed E-state index contributed by atoms with van der Waals surface area (Å²) < 4.78 is 5.48. The number of H-pyrrole nitrogens is 1. The van der Waals surface area contributed by atoms with E-state index in [1.54, 1.807) is 6.33 Å². The standard InChI is InChI=1S/C28H31N7O2/c1-18-3-2-4-25(34-18)28-27(32-17-33-28)20-5-6-24-21(9-20)10-23(14-31-24)35-8-7-30-22(15-35)11-26(36)37-16-19-12-29-13-19/h2-6,9-10,14,17,19,22,29-30H,7-8,11-13,15-16H2,1H3,(H,32,33). The van der Waals surface area contributed by atoms with E-state index in [0.29, 0.717) is 18.9 Å². The number of fused-ring (bicyclic) bond motifs is 1. The van der Waals surface area contributed by atoms with E-state index < -0.39 is 0 Å². The molecular weight excluding hydrogens is 466 g/mol. The van der Waals surface area contributed by atoms with Gasteiger partial charge in [0.1, 0.15) is 0 Å². The number of aromatic nitrogens is 4. The van der Waals surface area contributed by atoms with Gasteiger partial charge in [-0.2, -0.15) is 0 Å². The molecule has 6 rings (SSSR count). The van der Waals surface area contributed by atoms with Gasteiger partial charge in [-0.1, -0.05) is 12.1 Å². The van der Waals surface area contributed by atoms with Crippen LogP contribution in [0.1, 0.15) is 12.1 Å². The summed E-state index contributed by atoms with van der Waals surface area (Å²) in [7, 11) is 0. The maximum absolute atomic E-state index is 12.3. The lowest BCUT2D eigenvalue weighted by atomic mass is 10.0. The lowest BCUT2D eigenvalue weighted by Crippen LogP contribution is -2.51. The molecule has 5 heterocycles. The number of carbonyl (C=O) groups is 1. The summed E-state index contributed by atoms with van der Waals surface area (Å²) in [5, 5.41) is 7.71. The maximum Gasteiger partial charge on any atom is 0.307 e. The quantitative estimate of drug-likeness (QED) is 0.335. The number of ether oxygens (including phenoxy) is 1. The van der Waals surface area contributed by atoms with E-state index in [0.717, 1.165) is 77.7 Å². The van der Waals surface area contributed by atoms with E-state index in [-0.39, 0.29) is 12.0 Å². The van der Waals surface area contributed by atoms with Gasteiger partial charge in [-0.05, 0) is 37.3 Å². The Kier molecular flexibility index (Phi) is 6.55. The van der Waals surface area contributed by atoms with Crippen LogP contribution in [0.5, 0.6) is 0 Å². The van der Waals surface area contributed by atoms with Crippen molar-refractivity contribution < 1.29 is 9.53 Å². The van der Waals surface area contributed by atoms with Crippen LogP contribution >= 0.6 is 0 Å². The molecular formula is C28H31N7O2. The highest BCUT2D eigenvalue weighted by Gasteiger charge is 2.24. The summed E-state index contributed by atoms with van der Waals surface area (Å²) in [5.74, 6) is 0.324. The maximum atomic E-state index is 12.3. The first kappa shape index (κ1) is 23.6. The average molecular weight is 498 g/mol. The van der Waals surface area contributed by atoms with Crippen LogP contribution in [-0.4, -0.2) is 71.3 Å². The van der Waals surface area contributed by atoms with E-state index in [4.69, 9.17) is 9.72 Å². The third-order valence-electron chi connectivity index (χ3n) is 7.10. The molecule has 1 unspecified atom stereocenters. The number of benzene rings is 1. The highest BCUT2D eigenvalue weighted by Crippen LogP contribution is 2.31. The predicted molar refractivity (Wildman–Crippen MR) is 143 cm³/mol. The number of nitrogens with one attached hydrogen (secondary N) is 3. The summed E-state index contributed by atoms with van der Waals surface area (Å²) in [6.45, 7) is 6.76. The smallest absolute Gasteiger partial charge is 0.307 e. The minimum atomic E-state index is -0.134. The molecule has 2 fully saturated rings. The number of anilines is 1. The number of hydrogen-bond acceptors (Lipinski definition) is 8. The Hall–Kier alpha value is -3.82. The van der Waals surface area contributed by atoms with Gasteiger partial charge in [-0.3, -0.25) is 14.8 Å². The Morgan fingerprint density at radius 2 is 2.08 bits per heavy atom. The van der Waals surface area contributed by atoms with Gasteiger partial charge in [0.25, 0.3) is 0 Å². The molecule has 0 radical (unpaired) electrons. The van der Waals surface area contributed by atoms with Gasteiger partial charge in [0.15, 0.2) is 0 Å². The van der Waals surface area contributed by atoms with Gasteiger partial charge < -0.3 is 25.3 Å². The predicted octanol–water partition coefficient (Wildman–Crippen LogP) is 2.93. The number of aryl methyl sites for hydroxylation is 1. The molecule has 0 bridgehead atoms. The zero-order chi connectivity index (χ0) is 25.2. The number of imidazole rings is 1. The fraction of sp³-hybridized carbons (Fsp3) is 0.357. The fourth-order valence-electron chi connectivity index (χ4n) is 4.96. The molecule has 2 saturated heterocycles. The largest absolute Gasteiger partial charge is 0.465 e. The molecule has 2 aliphatic heterocycles. The Balaban J connectivity index is 1.19. The molecule has 9 heteroatoms. The number of hydrogen-bond donors (Lipinski definition) is 3. The highest BCUT2D eigenvalue weighted by molar-refractivity contribution is 5.88.